The number of carbonyl (C=O) groups is 1. The number of allylic oxidation sites excluding steroid dienone is 1. The van der Waals surface area contributed by atoms with Gasteiger partial charge in [0.25, 0.3) is 5.24 Å². The van der Waals surface area contributed by atoms with Crippen LogP contribution >= 0.6 is 11.8 Å². The number of amides is 1. The van der Waals surface area contributed by atoms with Crippen LogP contribution in [0.5, 0.6) is 0 Å². The molecular weight excluding hydrogens is 158 g/mol. The van der Waals surface area contributed by atoms with Crippen LogP contribution in [0.4, 0.5) is 4.79 Å². The van der Waals surface area contributed by atoms with Crippen molar-refractivity contribution in [1.82, 2.24) is 4.90 Å². The number of hydrogen-bond donors (Lipinski definition) is 0. The summed E-state index contributed by atoms with van der Waals surface area (Å²) in [5.41, 5.74) is 1.25. The molecule has 0 fully saturated rings. The normalized spacial score (nSPS) is 9.09. The Labute approximate surface area is 72.6 Å². The SMILES string of the molecule is CC(C)=CCSC(=O)N(C)C. The lowest BCUT2D eigenvalue weighted by atomic mass is 10.3. The highest BCUT2D eigenvalue weighted by Gasteiger charge is 2.01. The molecule has 0 saturated carbocycles. The molecule has 0 aromatic heterocycles. The van der Waals surface area contributed by atoms with E-state index in [-0.39, 0.29) is 5.24 Å². The lowest BCUT2D eigenvalue weighted by Crippen LogP contribution is -2.16. The van der Waals surface area contributed by atoms with Crippen LogP contribution in [0.25, 0.3) is 0 Å². The van der Waals surface area contributed by atoms with Crippen LogP contribution in [0, 0.1) is 0 Å². The number of hydrogen-bond acceptors (Lipinski definition) is 2. The van der Waals surface area contributed by atoms with Gasteiger partial charge < -0.3 is 4.90 Å². The highest BCUT2D eigenvalue weighted by atomic mass is 32.2. The minimum Gasteiger partial charge on any atom is -0.340 e. The molecule has 0 heterocycles. The molecule has 0 atom stereocenters. The third-order valence-electron chi connectivity index (χ3n) is 1.06. The van der Waals surface area contributed by atoms with Gasteiger partial charge in [0.1, 0.15) is 0 Å². The van der Waals surface area contributed by atoms with Crippen molar-refractivity contribution in [1.29, 1.82) is 0 Å². The van der Waals surface area contributed by atoms with E-state index in [0.717, 1.165) is 5.75 Å². The average molecular weight is 173 g/mol. The van der Waals surface area contributed by atoms with Gasteiger partial charge in [0.2, 0.25) is 0 Å². The van der Waals surface area contributed by atoms with Gasteiger partial charge in [-0.05, 0) is 13.8 Å². The summed E-state index contributed by atoms with van der Waals surface area (Å²) in [6, 6.07) is 0. The first-order valence-corrected chi connectivity index (χ1v) is 4.50. The second-order valence-corrected chi connectivity index (χ2v) is 3.72. The third kappa shape index (κ3) is 5.98. The van der Waals surface area contributed by atoms with Gasteiger partial charge in [0, 0.05) is 19.8 Å². The van der Waals surface area contributed by atoms with E-state index in [9.17, 15) is 4.79 Å². The minimum atomic E-state index is 0.113. The second kappa shape index (κ2) is 5.24. The van der Waals surface area contributed by atoms with Gasteiger partial charge in [-0.1, -0.05) is 23.4 Å². The van der Waals surface area contributed by atoms with E-state index in [4.69, 9.17) is 0 Å². The van der Waals surface area contributed by atoms with Crippen LogP contribution in [0.3, 0.4) is 0 Å². The predicted molar refractivity (Wildman–Crippen MR) is 51.0 cm³/mol. The molecule has 0 radical (unpaired) electrons. The molecule has 3 heteroatoms. The summed E-state index contributed by atoms with van der Waals surface area (Å²) >= 11 is 1.32. The molecule has 0 aromatic carbocycles. The average Bonchev–Trinajstić information content (AvgIpc) is 1.86. The molecule has 0 unspecified atom stereocenters. The van der Waals surface area contributed by atoms with Gasteiger partial charge >= 0.3 is 0 Å². The highest BCUT2D eigenvalue weighted by Crippen LogP contribution is 2.06. The summed E-state index contributed by atoms with van der Waals surface area (Å²) < 4.78 is 0. The molecule has 0 aliphatic carbocycles. The first-order chi connectivity index (χ1) is 5.04. The van der Waals surface area contributed by atoms with Crippen molar-refractivity contribution < 1.29 is 4.79 Å². The molecule has 0 bridgehead atoms. The fourth-order valence-electron chi connectivity index (χ4n) is 0.409. The lowest BCUT2D eigenvalue weighted by Gasteiger charge is -2.07. The van der Waals surface area contributed by atoms with Crippen molar-refractivity contribution in [2.24, 2.45) is 0 Å². The van der Waals surface area contributed by atoms with Gasteiger partial charge in [-0.15, -0.1) is 0 Å². The topological polar surface area (TPSA) is 20.3 Å². The Morgan fingerprint density at radius 1 is 1.45 bits per heavy atom. The molecule has 2 nitrogen and oxygen atoms in total. The zero-order valence-corrected chi connectivity index (χ0v) is 8.36. The zero-order valence-electron chi connectivity index (χ0n) is 7.55. The summed E-state index contributed by atoms with van der Waals surface area (Å²) in [6.07, 6.45) is 2.05. The molecule has 0 spiro atoms. The van der Waals surface area contributed by atoms with Crippen molar-refractivity contribution in [2.45, 2.75) is 13.8 Å². The maximum Gasteiger partial charge on any atom is 0.281 e. The molecule has 0 aliphatic rings. The maximum atomic E-state index is 11.0. The molecule has 0 aliphatic heterocycles. The first-order valence-electron chi connectivity index (χ1n) is 3.51. The molecule has 64 valence electrons. The molecular formula is C8H15NOS. The van der Waals surface area contributed by atoms with Crippen LogP contribution in [0.1, 0.15) is 13.8 Å². The molecule has 11 heavy (non-hydrogen) atoms. The number of rotatable bonds is 2. The standard InChI is InChI=1S/C8H15NOS/c1-7(2)5-6-11-8(10)9(3)4/h5H,6H2,1-4H3. The van der Waals surface area contributed by atoms with Crippen LogP contribution in [-0.4, -0.2) is 30.0 Å². The third-order valence-corrected chi connectivity index (χ3v) is 2.01. The van der Waals surface area contributed by atoms with Crippen molar-refractivity contribution in [3.05, 3.63) is 11.6 Å². The summed E-state index contributed by atoms with van der Waals surface area (Å²) in [7, 11) is 3.52. The van der Waals surface area contributed by atoms with Crippen LogP contribution < -0.4 is 0 Å². The largest absolute Gasteiger partial charge is 0.340 e. The van der Waals surface area contributed by atoms with Crippen molar-refractivity contribution in [3.63, 3.8) is 0 Å². The highest BCUT2D eigenvalue weighted by molar-refractivity contribution is 8.13. The minimum absolute atomic E-state index is 0.113. The lowest BCUT2D eigenvalue weighted by molar-refractivity contribution is 0.241. The monoisotopic (exact) mass is 173 g/mol. The van der Waals surface area contributed by atoms with Gasteiger partial charge in [0.15, 0.2) is 0 Å². The van der Waals surface area contributed by atoms with E-state index in [2.05, 4.69) is 0 Å². The summed E-state index contributed by atoms with van der Waals surface area (Å²) in [4.78, 5) is 12.6. The van der Waals surface area contributed by atoms with Crippen molar-refractivity contribution >= 4 is 17.0 Å². The summed E-state index contributed by atoms with van der Waals surface area (Å²) in [5, 5.41) is 0.113. The van der Waals surface area contributed by atoms with E-state index in [1.165, 1.54) is 17.3 Å². The van der Waals surface area contributed by atoms with Crippen LogP contribution in [0.2, 0.25) is 0 Å². The number of carbonyl (C=O) groups excluding carboxylic acids is 1. The summed E-state index contributed by atoms with van der Waals surface area (Å²) in [5.74, 6) is 0.777. The number of nitrogens with zero attached hydrogens (tertiary/aromatic N) is 1. The van der Waals surface area contributed by atoms with Gasteiger partial charge in [0.05, 0.1) is 0 Å². The van der Waals surface area contributed by atoms with Crippen molar-refractivity contribution in [3.8, 4) is 0 Å². The molecule has 1 amide bonds. The van der Waals surface area contributed by atoms with E-state index in [1.807, 2.05) is 19.9 Å². The van der Waals surface area contributed by atoms with E-state index in [1.54, 1.807) is 19.0 Å². The van der Waals surface area contributed by atoms with E-state index >= 15 is 0 Å². The van der Waals surface area contributed by atoms with Gasteiger partial charge in [-0.25, -0.2) is 0 Å². The van der Waals surface area contributed by atoms with Gasteiger partial charge in [-0.2, -0.15) is 0 Å². The molecule has 0 saturated heterocycles. The Balaban J connectivity index is 3.56. The quantitative estimate of drug-likeness (QED) is 0.597. The van der Waals surface area contributed by atoms with Gasteiger partial charge in [-0.3, -0.25) is 4.79 Å². The molecule has 0 rings (SSSR count). The predicted octanol–water partition coefficient (Wildman–Crippen LogP) is 2.37. The smallest absolute Gasteiger partial charge is 0.281 e. The zero-order chi connectivity index (χ0) is 8.85. The Hall–Kier alpha value is -0.440. The van der Waals surface area contributed by atoms with E-state index < -0.39 is 0 Å². The fraction of sp³-hybridized carbons (Fsp3) is 0.625. The molecule has 0 aromatic rings. The Bertz CT molecular complexity index is 159. The Morgan fingerprint density at radius 3 is 2.36 bits per heavy atom. The van der Waals surface area contributed by atoms with E-state index in [0.29, 0.717) is 0 Å². The number of thioether (sulfide) groups is 1. The first kappa shape index (κ1) is 10.6. The Morgan fingerprint density at radius 2 is 2.00 bits per heavy atom. The maximum absolute atomic E-state index is 11.0. The molecule has 0 N–H and O–H groups in total. The Kier molecular flexibility index (Phi) is 5.03. The van der Waals surface area contributed by atoms with Crippen LogP contribution in [-0.2, 0) is 0 Å². The summed E-state index contributed by atoms with van der Waals surface area (Å²) in [6.45, 7) is 4.06. The van der Waals surface area contributed by atoms with Crippen molar-refractivity contribution in [2.75, 3.05) is 19.8 Å². The second-order valence-electron chi connectivity index (χ2n) is 2.75. The van der Waals surface area contributed by atoms with Crippen LogP contribution in [0.15, 0.2) is 11.6 Å². The fourth-order valence-corrected chi connectivity index (χ4v) is 1.23.